The molecule has 130 valence electrons. The maximum absolute atomic E-state index is 12.6. The number of nitrogens with one attached hydrogen (secondary N) is 2. The van der Waals surface area contributed by atoms with Crippen LogP contribution >= 0.6 is 0 Å². The summed E-state index contributed by atoms with van der Waals surface area (Å²) in [6.07, 6.45) is -0.677. The zero-order valence-corrected chi connectivity index (χ0v) is 14.1. The van der Waals surface area contributed by atoms with Crippen molar-refractivity contribution in [2.24, 2.45) is 0 Å². The summed E-state index contributed by atoms with van der Waals surface area (Å²) in [5.41, 5.74) is 2.27. The first-order chi connectivity index (χ1) is 12.1. The topological polar surface area (TPSA) is 76.7 Å². The molecule has 0 fully saturated rings. The molecule has 0 radical (unpaired) electrons. The van der Waals surface area contributed by atoms with Crippen molar-refractivity contribution in [3.05, 3.63) is 59.7 Å². The fraction of sp³-hybridized carbons (Fsp3) is 0.263. The fourth-order valence-corrected chi connectivity index (χ4v) is 2.76. The van der Waals surface area contributed by atoms with E-state index in [4.69, 9.17) is 9.47 Å². The summed E-state index contributed by atoms with van der Waals surface area (Å²) >= 11 is 0. The van der Waals surface area contributed by atoms with Gasteiger partial charge in [-0.25, -0.2) is 0 Å². The Morgan fingerprint density at radius 3 is 2.68 bits per heavy atom. The van der Waals surface area contributed by atoms with Crippen LogP contribution in [0, 0.1) is 0 Å². The SMILES string of the molecule is COC(C(=O)NC(C)c1ccc2c(c1)NC(=O)CO2)c1ccccc1. The molecule has 0 saturated heterocycles. The molecule has 0 bridgehead atoms. The van der Waals surface area contributed by atoms with E-state index in [1.165, 1.54) is 7.11 Å². The van der Waals surface area contributed by atoms with Crippen molar-refractivity contribution in [1.29, 1.82) is 0 Å². The van der Waals surface area contributed by atoms with Crippen molar-refractivity contribution in [3.63, 3.8) is 0 Å². The Morgan fingerprint density at radius 1 is 1.20 bits per heavy atom. The molecule has 6 heteroatoms. The molecule has 2 aromatic carbocycles. The van der Waals surface area contributed by atoms with Crippen LogP contribution in [-0.2, 0) is 14.3 Å². The number of ether oxygens (including phenoxy) is 2. The van der Waals surface area contributed by atoms with Crippen LogP contribution in [-0.4, -0.2) is 25.5 Å². The van der Waals surface area contributed by atoms with E-state index in [2.05, 4.69) is 10.6 Å². The molecule has 0 saturated carbocycles. The van der Waals surface area contributed by atoms with Crippen LogP contribution in [0.1, 0.15) is 30.2 Å². The number of methoxy groups -OCH3 is 1. The molecular formula is C19H20N2O4. The molecule has 6 nitrogen and oxygen atoms in total. The molecule has 0 aliphatic carbocycles. The van der Waals surface area contributed by atoms with Crippen molar-refractivity contribution in [2.75, 3.05) is 19.0 Å². The maximum Gasteiger partial charge on any atom is 0.262 e. The van der Waals surface area contributed by atoms with Gasteiger partial charge >= 0.3 is 0 Å². The molecule has 2 amide bonds. The summed E-state index contributed by atoms with van der Waals surface area (Å²) in [6, 6.07) is 14.5. The van der Waals surface area contributed by atoms with Crippen molar-refractivity contribution in [3.8, 4) is 5.75 Å². The van der Waals surface area contributed by atoms with Gasteiger partial charge in [0.2, 0.25) is 0 Å². The van der Waals surface area contributed by atoms with Gasteiger partial charge in [0.25, 0.3) is 11.8 Å². The van der Waals surface area contributed by atoms with Gasteiger partial charge in [0.15, 0.2) is 12.7 Å². The van der Waals surface area contributed by atoms with E-state index in [1.54, 1.807) is 6.07 Å². The van der Waals surface area contributed by atoms with E-state index < -0.39 is 6.10 Å². The molecule has 1 aliphatic heterocycles. The zero-order chi connectivity index (χ0) is 17.8. The highest BCUT2D eigenvalue weighted by atomic mass is 16.5. The number of hydrogen-bond acceptors (Lipinski definition) is 4. The molecule has 1 heterocycles. The third-order valence-corrected chi connectivity index (χ3v) is 4.07. The van der Waals surface area contributed by atoms with Crippen LogP contribution in [0.25, 0.3) is 0 Å². The minimum atomic E-state index is -0.677. The van der Waals surface area contributed by atoms with E-state index in [1.807, 2.05) is 49.4 Å². The quantitative estimate of drug-likeness (QED) is 0.877. The lowest BCUT2D eigenvalue weighted by atomic mass is 10.0. The number of anilines is 1. The van der Waals surface area contributed by atoms with Gasteiger partial charge in [-0.15, -0.1) is 0 Å². The van der Waals surface area contributed by atoms with Gasteiger partial charge in [-0.3, -0.25) is 9.59 Å². The molecule has 2 atom stereocenters. The number of rotatable bonds is 5. The number of fused-ring (bicyclic) bond motifs is 1. The number of amides is 2. The van der Waals surface area contributed by atoms with E-state index in [0.29, 0.717) is 11.4 Å². The largest absolute Gasteiger partial charge is 0.482 e. The summed E-state index contributed by atoms with van der Waals surface area (Å²) in [5, 5.41) is 5.71. The zero-order valence-electron chi connectivity index (χ0n) is 14.1. The van der Waals surface area contributed by atoms with Crippen molar-refractivity contribution in [1.82, 2.24) is 5.32 Å². The molecule has 2 N–H and O–H groups in total. The lowest BCUT2D eigenvalue weighted by molar-refractivity contribution is -0.132. The lowest BCUT2D eigenvalue weighted by Crippen LogP contribution is -2.32. The predicted octanol–water partition coefficient (Wildman–Crippen LogP) is 2.58. The first kappa shape index (κ1) is 17.0. The monoisotopic (exact) mass is 340 g/mol. The fourth-order valence-electron chi connectivity index (χ4n) is 2.76. The van der Waals surface area contributed by atoms with Gasteiger partial charge in [0, 0.05) is 7.11 Å². The first-order valence-electron chi connectivity index (χ1n) is 8.03. The van der Waals surface area contributed by atoms with E-state index in [0.717, 1.165) is 11.1 Å². The second-order valence-electron chi connectivity index (χ2n) is 5.85. The number of hydrogen-bond donors (Lipinski definition) is 2. The third kappa shape index (κ3) is 3.80. The summed E-state index contributed by atoms with van der Waals surface area (Å²) in [7, 11) is 1.51. The minimum absolute atomic E-state index is 0.0191. The summed E-state index contributed by atoms with van der Waals surface area (Å²) < 4.78 is 10.7. The average molecular weight is 340 g/mol. The molecular weight excluding hydrogens is 320 g/mol. The molecule has 25 heavy (non-hydrogen) atoms. The number of benzene rings is 2. The normalized spacial score (nSPS) is 15.4. The highest BCUT2D eigenvalue weighted by Gasteiger charge is 2.23. The van der Waals surface area contributed by atoms with Gasteiger partial charge in [-0.2, -0.15) is 0 Å². The minimum Gasteiger partial charge on any atom is -0.482 e. The van der Waals surface area contributed by atoms with Gasteiger partial charge in [0.05, 0.1) is 11.7 Å². The van der Waals surface area contributed by atoms with E-state index in [9.17, 15) is 9.59 Å². The molecule has 1 aliphatic rings. The average Bonchev–Trinajstić information content (AvgIpc) is 2.62. The Balaban J connectivity index is 1.73. The predicted molar refractivity (Wildman–Crippen MR) is 93.3 cm³/mol. The Kier molecular flexibility index (Phi) is 5.00. The Hall–Kier alpha value is -2.86. The number of carbonyl (C=O) groups excluding carboxylic acids is 2. The lowest BCUT2D eigenvalue weighted by Gasteiger charge is -2.22. The summed E-state index contributed by atoms with van der Waals surface area (Å²) in [4.78, 5) is 24.0. The highest BCUT2D eigenvalue weighted by molar-refractivity contribution is 5.95. The van der Waals surface area contributed by atoms with Gasteiger partial charge in [0.1, 0.15) is 5.75 Å². The number of carbonyl (C=O) groups is 2. The van der Waals surface area contributed by atoms with E-state index in [-0.39, 0.29) is 24.5 Å². The smallest absolute Gasteiger partial charge is 0.262 e. The third-order valence-electron chi connectivity index (χ3n) is 4.07. The van der Waals surface area contributed by atoms with Gasteiger partial charge in [-0.1, -0.05) is 36.4 Å². The second kappa shape index (κ2) is 7.36. The second-order valence-corrected chi connectivity index (χ2v) is 5.85. The van der Waals surface area contributed by atoms with E-state index >= 15 is 0 Å². The first-order valence-corrected chi connectivity index (χ1v) is 8.03. The highest BCUT2D eigenvalue weighted by Crippen LogP contribution is 2.30. The van der Waals surface area contributed by atoms with Crippen LogP contribution in [0.15, 0.2) is 48.5 Å². The maximum atomic E-state index is 12.6. The van der Waals surface area contributed by atoms with Crippen molar-refractivity contribution >= 4 is 17.5 Å². The van der Waals surface area contributed by atoms with Crippen LogP contribution < -0.4 is 15.4 Å². The summed E-state index contributed by atoms with van der Waals surface area (Å²) in [5.74, 6) is 0.213. The van der Waals surface area contributed by atoms with Crippen molar-refractivity contribution < 1.29 is 19.1 Å². The molecule has 0 spiro atoms. The standard InChI is InChI=1S/C19H20N2O4/c1-12(14-8-9-16-15(10-14)21-17(22)11-25-16)20-19(23)18(24-2)13-6-4-3-5-7-13/h3-10,12,18H,11H2,1-2H3,(H,20,23)(H,21,22). The van der Waals surface area contributed by atoms with Crippen LogP contribution in [0.5, 0.6) is 5.75 Å². The molecule has 0 aromatic heterocycles. The Labute approximate surface area is 146 Å². The summed E-state index contributed by atoms with van der Waals surface area (Å²) in [6.45, 7) is 1.90. The van der Waals surface area contributed by atoms with Crippen molar-refractivity contribution in [2.45, 2.75) is 19.1 Å². The van der Waals surface area contributed by atoms with Gasteiger partial charge in [-0.05, 0) is 30.2 Å². The van der Waals surface area contributed by atoms with Crippen LogP contribution in [0.3, 0.4) is 0 Å². The Morgan fingerprint density at radius 2 is 1.96 bits per heavy atom. The molecule has 3 rings (SSSR count). The molecule has 2 unspecified atom stereocenters. The Bertz CT molecular complexity index is 776. The molecule has 2 aromatic rings. The van der Waals surface area contributed by atoms with Gasteiger partial charge < -0.3 is 20.1 Å². The van der Waals surface area contributed by atoms with Crippen LogP contribution in [0.4, 0.5) is 5.69 Å². The van der Waals surface area contributed by atoms with Crippen LogP contribution in [0.2, 0.25) is 0 Å².